The fraction of sp³-hybridized carbons (Fsp3) is 0.533. The molecule has 3 nitrogen and oxygen atoms in total. The van der Waals surface area contributed by atoms with E-state index in [4.69, 9.17) is 0 Å². The largest absolute Gasteiger partial charge is 0.411 e. The standard InChI is InChI=1S/C15H20F3NO2/c1-11(2)13(12-6-4-3-5-7-12)8-19-14(20)9-21-10-15(16,17)18/h3-7,11,13H,8-10H2,1-2H3,(H,19,20). The molecule has 21 heavy (non-hydrogen) atoms. The maximum atomic E-state index is 11.9. The molecule has 1 aromatic carbocycles. The van der Waals surface area contributed by atoms with Crippen LogP contribution in [0.5, 0.6) is 0 Å². The van der Waals surface area contributed by atoms with Crippen molar-refractivity contribution >= 4 is 5.91 Å². The van der Waals surface area contributed by atoms with E-state index in [0.29, 0.717) is 12.5 Å². The van der Waals surface area contributed by atoms with Crippen molar-refractivity contribution in [1.29, 1.82) is 0 Å². The summed E-state index contributed by atoms with van der Waals surface area (Å²) in [5, 5.41) is 2.62. The summed E-state index contributed by atoms with van der Waals surface area (Å²) < 4.78 is 40.0. The molecule has 1 unspecified atom stereocenters. The fourth-order valence-corrected chi connectivity index (χ4v) is 1.97. The van der Waals surface area contributed by atoms with Crippen LogP contribution in [0, 0.1) is 5.92 Å². The molecule has 1 aromatic rings. The number of rotatable bonds is 7. The third kappa shape index (κ3) is 7.13. The Balaban J connectivity index is 2.42. The van der Waals surface area contributed by atoms with E-state index in [-0.39, 0.29) is 5.92 Å². The highest BCUT2D eigenvalue weighted by molar-refractivity contribution is 5.77. The molecule has 1 rings (SSSR count). The Hall–Kier alpha value is -1.56. The maximum Gasteiger partial charge on any atom is 0.411 e. The predicted octanol–water partition coefficient (Wildman–Crippen LogP) is 3.12. The van der Waals surface area contributed by atoms with Crippen LogP contribution in [-0.4, -0.2) is 31.8 Å². The van der Waals surface area contributed by atoms with Gasteiger partial charge in [-0.2, -0.15) is 13.2 Å². The fourth-order valence-electron chi connectivity index (χ4n) is 1.97. The van der Waals surface area contributed by atoms with E-state index in [0.717, 1.165) is 5.56 Å². The lowest BCUT2D eigenvalue weighted by Crippen LogP contribution is -2.34. The van der Waals surface area contributed by atoms with Gasteiger partial charge < -0.3 is 10.1 Å². The normalized spacial score (nSPS) is 13.2. The molecule has 0 heterocycles. The summed E-state index contributed by atoms with van der Waals surface area (Å²) in [4.78, 5) is 11.5. The molecule has 0 saturated heterocycles. The average molecular weight is 303 g/mol. The van der Waals surface area contributed by atoms with Crippen LogP contribution in [0.4, 0.5) is 13.2 Å². The quantitative estimate of drug-likeness (QED) is 0.840. The van der Waals surface area contributed by atoms with Crippen molar-refractivity contribution in [2.75, 3.05) is 19.8 Å². The zero-order valence-corrected chi connectivity index (χ0v) is 12.1. The highest BCUT2D eigenvalue weighted by atomic mass is 19.4. The van der Waals surface area contributed by atoms with Crippen LogP contribution >= 0.6 is 0 Å². The van der Waals surface area contributed by atoms with Gasteiger partial charge in [0.05, 0.1) is 0 Å². The maximum absolute atomic E-state index is 11.9. The smallest absolute Gasteiger partial charge is 0.362 e. The second-order valence-electron chi connectivity index (χ2n) is 5.17. The van der Waals surface area contributed by atoms with Crippen molar-refractivity contribution in [1.82, 2.24) is 5.32 Å². The van der Waals surface area contributed by atoms with Crippen LogP contribution in [0.3, 0.4) is 0 Å². The van der Waals surface area contributed by atoms with Crippen LogP contribution in [0.2, 0.25) is 0 Å². The lowest BCUT2D eigenvalue weighted by atomic mass is 9.88. The monoisotopic (exact) mass is 303 g/mol. The van der Waals surface area contributed by atoms with E-state index in [1.54, 1.807) is 0 Å². The number of hydrogen-bond acceptors (Lipinski definition) is 2. The van der Waals surface area contributed by atoms with E-state index in [9.17, 15) is 18.0 Å². The van der Waals surface area contributed by atoms with E-state index >= 15 is 0 Å². The molecule has 0 aliphatic carbocycles. The van der Waals surface area contributed by atoms with E-state index in [1.807, 2.05) is 44.2 Å². The van der Waals surface area contributed by atoms with Crippen LogP contribution in [0.15, 0.2) is 30.3 Å². The molecule has 0 aliphatic heterocycles. The van der Waals surface area contributed by atoms with Gasteiger partial charge in [0.15, 0.2) is 0 Å². The first kappa shape index (κ1) is 17.5. The molecule has 0 fully saturated rings. The third-order valence-electron chi connectivity index (χ3n) is 3.05. The summed E-state index contributed by atoms with van der Waals surface area (Å²) in [5.74, 6) is -0.137. The minimum atomic E-state index is -4.41. The van der Waals surface area contributed by atoms with Crippen LogP contribution in [0.1, 0.15) is 25.3 Å². The van der Waals surface area contributed by atoms with Crippen molar-refractivity contribution < 1.29 is 22.7 Å². The molecule has 0 aliphatic rings. The summed E-state index contributed by atoms with van der Waals surface area (Å²) in [6, 6.07) is 9.68. The number of benzene rings is 1. The van der Waals surface area contributed by atoms with E-state index in [2.05, 4.69) is 10.1 Å². The molecular weight excluding hydrogens is 283 g/mol. The number of amides is 1. The van der Waals surface area contributed by atoms with Crippen LogP contribution in [0.25, 0.3) is 0 Å². The average Bonchev–Trinajstić information content (AvgIpc) is 2.38. The van der Waals surface area contributed by atoms with E-state index in [1.165, 1.54) is 0 Å². The van der Waals surface area contributed by atoms with Gasteiger partial charge in [0.25, 0.3) is 0 Å². The van der Waals surface area contributed by atoms with Gasteiger partial charge in [0, 0.05) is 12.5 Å². The van der Waals surface area contributed by atoms with Crippen molar-refractivity contribution in [2.24, 2.45) is 5.92 Å². The molecule has 0 aromatic heterocycles. The minimum absolute atomic E-state index is 0.109. The molecule has 1 N–H and O–H groups in total. The lowest BCUT2D eigenvalue weighted by Gasteiger charge is -2.22. The van der Waals surface area contributed by atoms with Crippen LogP contribution < -0.4 is 5.32 Å². The van der Waals surface area contributed by atoms with Gasteiger partial charge in [-0.25, -0.2) is 0 Å². The molecular formula is C15H20F3NO2. The predicted molar refractivity (Wildman–Crippen MR) is 73.9 cm³/mol. The Bertz CT molecular complexity index is 432. The number of alkyl halides is 3. The van der Waals surface area contributed by atoms with Crippen molar-refractivity contribution in [3.63, 3.8) is 0 Å². The molecule has 0 radical (unpaired) electrons. The summed E-state index contributed by atoms with van der Waals surface area (Å²) in [6.07, 6.45) is -4.41. The van der Waals surface area contributed by atoms with Gasteiger partial charge in [-0.05, 0) is 11.5 Å². The molecule has 1 amide bonds. The molecule has 6 heteroatoms. The zero-order valence-electron chi connectivity index (χ0n) is 12.1. The first-order valence-corrected chi connectivity index (χ1v) is 6.75. The lowest BCUT2D eigenvalue weighted by molar-refractivity contribution is -0.175. The van der Waals surface area contributed by atoms with Gasteiger partial charge in [-0.1, -0.05) is 44.2 Å². The molecule has 0 saturated carbocycles. The second-order valence-corrected chi connectivity index (χ2v) is 5.17. The number of halogens is 3. The first-order valence-electron chi connectivity index (χ1n) is 6.75. The molecule has 0 bridgehead atoms. The number of carbonyl (C=O) groups excluding carboxylic acids is 1. The van der Waals surface area contributed by atoms with Gasteiger partial charge in [-0.15, -0.1) is 0 Å². The number of carbonyl (C=O) groups is 1. The summed E-state index contributed by atoms with van der Waals surface area (Å²) >= 11 is 0. The third-order valence-corrected chi connectivity index (χ3v) is 3.05. The summed E-state index contributed by atoms with van der Waals surface area (Å²) in [6.45, 7) is 2.44. The summed E-state index contributed by atoms with van der Waals surface area (Å²) in [5.41, 5.74) is 1.09. The number of ether oxygens (including phenoxy) is 1. The van der Waals surface area contributed by atoms with E-state index < -0.39 is 25.3 Å². The Kier molecular flexibility index (Phi) is 6.68. The highest BCUT2D eigenvalue weighted by Crippen LogP contribution is 2.23. The van der Waals surface area contributed by atoms with Gasteiger partial charge in [-0.3, -0.25) is 4.79 Å². The molecule has 118 valence electrons. The number of hydrogen-bond donors (Lipinski definition) is 1. The van der Waals surface area contributed by atoms with Gasteiger partial charge in [0.2, 0.25) is 5.91 Å². The summed E-state index contributed by atoms with van der Waals surface area (Å²) in [7, 11) is 0. The Labute approximate surface area is 122 Å². The molecule has 0 spiro atoms. The number of nitrogens with one attached hydrogen (secondary N) is 1. The highest BCUT2D eigenvalue weighted by Gasteiger charge is 2.27. The zero-order chi connectivity index (χ0) is 15.9. The van der Waals surface area contributed by atoms with Crippen LogP contribution in [-0.2, 0) is 9.53 Å². The second kappa shape index (κ2) is 8.02. The van der Waals surface area contributed by atoms with Gasteiger partial charge in [0.1, 0.15) is 13.2 Å². The van der Waals surface area contributed by atoms with Crippen molar-refractivity contribution in [3.8, 4) is 0 Å². The first-order chi connectivity index (χ1) is 9.79. The Morgan fingerprint density at radius 2 is 1.86 bits per heavy atom. The topological polar surface area (TPSA) is 38.3 Å². The minimum Gasteiger partial charge on any atom is -0.362 e. The van der Waals surface area contributed by atoms with Crippen molar-refractivity contribution in [2.45, 2.75) is 25.9 Å². The van der Waals surface area contributed by atoms with Crippen molar-refractivity contribution in [3.05, 3.63) is 35.9 Å². The molecule has 1 atom stereocenters. The Morgan fingerprint density at radius 3 is 2.38 bits per heavy atom. The van der Waals surface area contributed by atoms with Gasteiger partial charge >= 0.3 is 6.18 Å². The Morgan fingerprint density at radius 1 is 1.24 bits per heavy atom. The SMILES string of the molecule is CC(C)C(CNC(=O)COCC(F)(F)F)c1ccccc1.